The van der Waals surface area contributed by atoms with Crippen LogP contribution in [0.3, 0.4) is 0 Å². The van der Waals surface area contributed by atoms with Gasteiger partial charge in [0.05, 0.1) is 0 Å². The number of nitrogens with one attached hydrogen (secondary N) is 1. The van der Waals surface area contributed by atoms with Crippen LogP contribution in [-0.2, 0) is 18.4 Å². The van der Waals surface area contributed by atoms with Gasteiger partial charge in [-0.25, -0.2) is 0 Å². The maximum atomic E-state index is 9.23. The van der Waals surface area contributed by atoms with Gasteiger partial charge < -0.3 is 10.4 Å². The van der Waals surface area contributed by atoms with E-state index in [9.17, 15) is 5.11 Å². The van der Waals surface area contributed by atoms with Gasteiger partial charge in [-0.3, -0.25) is 0 Å². The molecule has 0 fully saturated rings. The van der Waals surface area contributed by atoms with Gasteiger partial charge in [0.2, 0.25) is 0 Å². The number of hydrogen-bond donors (Lipinski definition) is 2. The van der Waals surface area contributed by atoms with Gasteiger partial charge in [-0.2, -0.15) is 0 Å². The molecular weight excluding hydrogens is 266 g/mol. The maximum Gasteiger partial charge on any atom is 0.115 e. The maximum absolute atomic E-state index is 9.23. The molecule has 2 nitrogen and oxygen atoms in total. The summed E-state index contributed by atoms with van der Waals surface area (Å²) in [5.41, 5.74) is 1.49. The summed E-state index contributed by atoms with van der Waals surface area (Å²) in [6.07, 6.45) is 0.984. The molecule has 2 aromatic rings. The molecule has 0 spiro atoms. The highest BCUT2D eigenvalue weighted by atomic mass is 32.1. The minimum Gasteiger partial charge on any atom is -0.508 e. The van der Waals surface area contributed by atoms with E-state index in [1.807, 2.05) is 23.5 Å². The van der Waals surface area contributed by atoms with Crippen molar-refractivity contribution in [3.63, 3.8) is 0 Å². The van der Waals surface area contributed by atoms with Crippen molar-refractivity contribution < 1.29 is 5.11 Å². The minimum atomic E-state index is 0.245. The summed E-state index contributed by atoms with van der Waals surface area (Å²) in [5, 5.41) is 12.7. The molecule has 1 aromatic carbocycles. The Morgan fingerprint density at radius 1 is 1.05 bits per heavy atom. The second-order valence-electron chi connectivity index (χ2n) is 6.11. The van der Waals surface area contributed by atoms with E-state index in [0.717, 1.165) is 19.5 Å². The van der Waals surface area contributed by atoms with E-state index < -0.39 is 0 Å². The van der Waals surface area contributed by atoms with Gasteiger partial charge in [-0.05, 0) is 48.2 Å². The lowest BCUT2D eigenvalue weighted by molar-refractivity contribution is 0.475. The Labute approximate surface area is 125 Å². The smallest absolute Gasteiger partial charge is 0.115 e. The van der Waals surface area contributed by atoms with Crippen molar-refractivity contribution in [2.75, 3.05) is 6.54 Å². The fraction of sp³-hybridized carbons (Fsp3) is 0.412. The minimum absolute atomic E-state index is 0.245. The Morgan fingerprint density at radius 3 is 2.35 bits per heavy atom. The number of rotatable bonds is 5. The first-order valence-electron chi connectivity index (χ1n) is 7.03. The molecule has 0 amide bonds. The largest absolute Gasteiger partial charge is 0.508 e. The highest BCUT2D eigenvalue weighted by Crippen LogP contribution is 2.29. The lowest BCUT2D eigenvalue weighted by atomic mass is 9.95. The summed E-state index contributed by atoms with van der Waals surface area (Å²) < 4.78 is 0. The molecule has 2 N–H and O–H groups in total. The Hall–Kier alpha value is -1.32. The number of aromatic hydroxyl groups is 1. The van der Waals surface area contributed by atoms with E-state index in [-0.39, 0.29) is 5.41 Å². The lowest BCUT2D eigenvalue weighted by Gasteiger charge is -2.15. The summed E-state index contributed by atoms with van der Waals surface area (Å²) in [6, 6.07) is 11.9. The predicted octanol–water partition coefficient (Wildman–Crippen LogP) is 4.08. The number of thiophene rings is 1. The molecular formula is C17H23NOS. The third-order valence-corrected chi connectivity index (χ3v) is 4.74. The fourth-order valence-electron chi connectivity index (χ4n) is 1.98. The van der Waals surface area contributed by atoms with Crippen LogP contribution in [0.2, 0.25) is 0 Å². The Morgan fingerprint density at radius 2 is 1.75 bits per heavy atom. The van der Waals surface area contributed by atoms with Crippen LogP contribution in [0.5, 0.6) is 5.75 Å². The molecule has 0 saturated carbocycles. The molecule has 20 heavy (non-hydrogen) atoms. The third kappa shape index (κ3) is 4.36. The Balaban J connectivity index is 1.76. The van der Waals surface area contributed by atoms with Crippen molar-refractivity contribution in [1.82, 2.24) is 5.32 Å². The first-order valence-corrected chi connectivity index (χ1v) is 7.84. The average Bonchev–Trinajstić information content (AvgIpc) is 2.85. The van der Waals surface area contributed by atoms with Gasteiger partial charge in [0.15, 0.2) is 0 Å². The van der Waals surface area contributed by atoms with Gasteiger partial charge >= 0.3 is 0 Å². The van der Waals surface area contributed by atoms with Gasteiger partial charge in [-0.1, -0.05) is 32.9 Å². The Kier molecular flexibility index (Phi) is 4.84. The van der Waals surface area contributed by atoms with Crippen LogP contribution < -0.4 is 5.32 Å². The topological polar surface area (TPSA) is 32.3 Å². The summed E-state index contributed by atoms with van der Waals surface area (Å²) in [4.78, 5) is 2.83. The van der Waals surface area contributed by atoms with E-state index in [2.05, 4.69) is 38.2 Å². The summed E-state index contributed by atoms with van der Waals surface area (Å²) in [6.45, 7) is 8.63. The van der Waals surface area contributed by atoms with Crippen LogP contribution >= 0.6 is 11.3 Å². The van der Waals surface area contributed by atoms with Crippen LogP contribution in [-0.4, -0.2) is 11.7 Å². The molecule has 0 saturated heterocycles. The molecule has 0 aliphatic rings. The molecule has 0 atom stereocenters. The normalized spacial score (nSPS) is 11.8. The molecule has 1 heterocycles. The summed E-state index contributed by atoms with van der Waals surface area (Å²) >= 11 is 1.89. The molecule has 0 unspecified atom stereocenters. The number of phenolic OH excluding ortho intramolecular Hbond substituents is 1. The van der Waals surface area contributed by atoms with Gasteiger partial charge in [-0.15, -0.1) is 11.3 Å². The van der Waals surface area contributed by atoms with Gasteiger partial charge in [0.25, 0.3) is 0 Å². The van der Waals surface area contributed by atoms with Crippen molar-refractivity contribution in [2.45, 2.75) is 39.2 Å². The van der Waals surface area contributed by atoms with Crippen molar-refractivity contribution >= 4 is 11.3 Å². The van der Waals surface area contributed by atoms with Crippen LogP contribution in [0, 0.1) is 0 Å². The molecule has 0 aliphatic carbocycles. The van der Waals surface area contributed by atoms with Crippen LogP contribution in [0.15, 0.2) is 36.4 Å². The van der Waals surface area contributed by atoms with E-state index in [0.29, 0.717) is 5.75 Å². The number of hydrogen-bond acceptors (Lipinski definition) is 3. The molecule has 1 aromatic heterocycles. The highest BCUT2D eigenvalue weighted by Gasteiger charge is 2.15. The average molecular weight is 289 g/mol. The zero-order valence-corrected chi connectivity index (χ0v) is 13.3. The second kappa shape index (κ2) is 6.42. The predicted molar refractivity (Wildman–Crippen MR) is 86.5 cm³/mol. The third-order valence-electron chi connectivity index (χ3n) is 3.23. The van der Waals surface area contributed by atoms with Crippen molar-refractivity contribution in [3.8, 4) is 5.75 Å². The Bertz CT molecular complexity index is 537. The summed E-state index contributed by atoms with van der Waals surface area (Å²) in [7, 11) is 0. The molecule has 0 bridgehead atoms. The molecule has 2 rings (SSSR count). The first kappa shape index (κ1) is 15.1. The highest BCUT2D eigenvalue weighted by molar-refractivity contribution is 7.12. The van der Waals surface area contributed by atoms with Gasteiger partial charge in [0.1, 0.15) is 5.75 Å². The second-order valence-corrected chi connectivity index (χ2v) is 7.28. The van der Waals surface area contributed by atoms with E-state index >= 15 is 0 Å². The molecule has 0 aliphatic heterocycles. The van der Waals surface area contributed by atoms with E-state index in [1.54, 1.807) is 12.1 Å². The van der Waals surface area contributed by atoms with Crippen LogP contribution in [0.1, 0.15) is 36.1 Å². The van der Waals surface area contributed by atoms with E-state index in [4.69, 9.17) is 0 Å². The zero-order valence-electron chi connectivity index (χ0n) is 12.4. The van der Waals surface area contributed by atoms with Crippen molar-refractivity contribution in [2.24, 2.45) is 0 Å². The van der Waals surface area contributed by atoms with Crippen LogP contribution in [0.25, 0.3) is 0 Å². The quantitative estimate of drug-likeness (QED) is 0.813. The van der Waals surface area contributed by atoms with Gasteiger partial charge in [0, 0.05) is 16.3 Å². The SMILES string of the molecule is CC(C)(C)c1ccc(CNCCc2ccc(O)cc2)s1. The standard InChI is InChI=1S/C17H23NOS/c1-17(2,3)16-9-8-15(20-16)12-18-11-10-13-4-6-14(19)7-5-13/h4-9,18-19H,10-12H2,1-3H3. The zero-order chi connectivity index (χ0) is 14.6. The van der Waals surface area contributed by atoms with E-state index in [1.165, 1.54) is 15.3 Å². The molecule has 0 radical (unpaired) electrons. The van der Waals surface area contributed by atoms with Crippen molar-refractivity contribution in [1.29, 1.82) is 0 Å². The lowest BCUT2D eigenvalue weighted by Crippen LogP contribution is -2.15. The summed E-state index contributed by atoms with van der Waals surface area (Å²) in [5.74, 6) is 0.329. The number of benzene rings is 1. The monoisotopic (exact) mass is 289 g/mol. The van der Waals surface area contributed by atoms with Crippen molar-refractivity contribution in [3.05, 3.63) is 51.7 Å². The first-order chi connectivity index (χ1) is 9.45. The molecule has 108 valence electrons. The van der Waals surface area contributed by atoms with Crippen LogP contribution in [0.4, 0.5) is 0 Å². The number of phenols is 1. The molecule has 3 heteroatoms. The fourth-order valence-corrected chi connectivity index (χ4v) is 3.02.